The Balaban J connectivity index is 2.17. The third-order valence-electron chi connectivity index (χ3n) is 2.95. The molecule has 1 heterocycles. The molecule has 0 aliphatic heterocycles. The van der Waals surface area contributed by atoms with E-state index in [0.717, 1.165) is 6.07 Å². The van der Waals surface area contributed by atoms with Crippen LogP contribution in [0.3, 0.4) is 0 Å². The molecule has 0 atom stereocenters. The molecule has 1 aromatic carbocycles. The van der Waals surface area contributed by atoms with Crippen LogP contribution in [0.1, 0.15) is 21.5 Å². The first-order valence-electron chi connectivity index (χ1n) is 6.27. The van der Waals surface area contributed by atoms with Crippen LogP contribution in [0.2, 0.25) is 0 Å². The predicted molar refractivity (Wildman–Crippen MR) is 70.9 cm³/mol. The number of carbonyl (C=O) groups excluding carboxylic acids is 1. The Hall–Kier alpha value is -3.04. The Bertz CT molecular complexity index is 818. The van der Waals surface area contributed by atoms with Gasteiger partial charge in [-0.15, -0.1) is 0 Å². The minimum absolute atomic E-state index is 0.248. The molecule has 1 aromatic heterocycles. The van der Waals surface area contributed by atoms with Crippen molar-refractivity contribution in [3.63, 3.8) is 0 Å². The molecule has 0 saturated heterocycles. The molecule has 0 fully saturated rings. The Kier molecular flexibility index (Phi) is 4.49. The lowest BCUT2D eigenvalue weighted by molar-refractivity contribution is -0.137. The second kappa shape index (κ2) is 6.22. The van der Waals surface area contributed by atoms with Gasteiger partial charge in [-0.3, -0.25) is 9.78 Å². The lowest BCUT2D eigenvalue weighted by atomic mass is 10.1. The van der Waals surface area contributed by atoms with E-state index >= 15 is 0 Å². The van der Waals surface area contributed by atoms with E-state index in [-0.39, 0.29) is 11.6 Å². The zero-order valence-corrected chi connectivity index (χ0v) is 11.6. The van der Waals surface area contributed by atoms with E-state index in [0.29, 0.717) is 12.1 Å². The molecule has 0 aliphatic rings. The van der Waals surface area contributed by atoms with Gasteiger partial charge in [0, 0.05) is 11.6 Å². The van der Waals surface area contributed by atoms with Crippen molar-refractivity contribution in [3.05, 3.63) is 57.1 Å². The van der Waals surface area contributed by atoms with Crippen molar-refractivity contribution in [2.75, 3.05) is 0 Å². The third-order valence-corrected chi connectivity index (χ3v) is 2.95. The number of carbonyl (C=O) groups is 1. The predicted octanol–water partition coefficient (Wildman–Crippen LogP) is 2.30. The number of benzene rings is 1. The monoisotopic (exact) mass is 347 g/mol. The summed E-state index contributed by atoms with van der Waals surface area (Å²) in [5.74, 6) is -4.37. The molecule has 0 aliphatic carbocycles. The van der Waals surface area contributed by atoms with Gasteiger partial charge in [0.15, 0.2) is 5.56 Å². The first kappa shape index (κ1) is 17.3. The molecule has 0 amide bonds. The van der Waals surface area contributed by atoms with Gasteiger partial charge < -0.3 is 14.9 Å². The molecule has 0 bridgehead atoms. The number of esters is 1. The highest BCUT2D eigenvalue weighted by Crippen LogP contribution is 2.30. The minimum atomic E-state index is -4.72. The molecular weight excluding hydrogens is 338 g/mol. The highest BCUT2D eigenvalue weighted by atomic mass is 19.4. The van der Waals surface area contributed by atoms with Gasteiger partial charge in [-0.1, -0.05) is 6.07 Å². The number of alkyl halides is 3. The number of aromatic hydroxyl groups is 2. The van der Waals surface area contributed by atoms with E-state index in [9.17, 15) is 37.4 Å². The second-order valence-electron chi connectivity index (χ2n) is 4.62. The van der Waals surface area contributed by atoms with Gasteiger partial charge in [0.1, 0.15) is 18.2 Å². The number of aromatic amines is 1. The van der Waals surface area contributed by atoms with Crippen LogP contribution in [0.4, 0.5) is 17.6 Å². The van der Waals surface area contributed by atoms with E-state index < -0.39 is 52.9 Å². The molecule has 24 heavy (non-hydrogen) atoms. The summed E-state index contributed by atoms with van der Waals surface area (Å²) >= 11 is 0. The minimum Gasteiger partial charge on any atom is -0.507 e. The molecule has 0 radical (unpaired) electrons. The standard InChI is InChI=1S/C14H9F4NO5/c15-8-3-7(14(16,17)18)2-1-6(8)5-24-13(23)11-9(20)4-10(21)19-12(11)22/h1-4H,5H2,(H3,19,20,21,22). The average Bonchev–Trinajstić information content (AvgIpc) is 2.43. The van der Waals surface area contributed by atoms with Crippen LogP contribution in [-0.4, -0.2) is 21.2 Å². The van der Waals surface area contributed by atoms with Gasteiger partial charge in [0.05, 0.1) is 5.56 Å². The largest absolute Gasteiger partial charge is 0.507 e. The van der Waals surface area contributed by atoms with Crippen LogP contribution in [0, 0.1) is 5.82 Å². The molecule has 128 valence electrons. The lowest BCUT2D eigenvalue weighted by Gasteiger charge is -2.10. The molecule has 10 heteroatoms. The Labute approximate surface area is 130 Å². The van der Waals surface area contributed by atoms with Crippen LogP contribution < -0.4 is 5.56 Å². The fourth-order valence-electron chi connectivity index (χ4n) is 1.79. The van der Waals surface area contributed by atoms with Crippen LogP contribution in [0.5, 0.6) is 11.6 Å². The number of hydrogen-bond acceptors (Lipinski definition) is 5. The highest BCUT2D eigenvalue weighted by molar-refractivity contribution is 5.94. The number of halogens is 4. The summed E-state index contributed by atoms with van der Waals surface area (Å²) in [7, 11) is 0. The van der Waals surface area contributed by atoms with Crippen molar-refractivity contribution in [1.29, 1.82) is 0 Å². The number of H-pyrrole nitrogens is 1. The summed E-state index contributed by atoms with van der Waals surface area (Å²) in [6.45, 7) is -0.749. The highest BCUT2D eigenvalue weighted by Gasteiger charge is 2.31. The molecule has 0 unspecified atom stereocenters. The first-order chi connectivity index (χ1) is 11.1. The van der Waals surface area contributed by atoms with Crippen molar-refractivity contribution < 1.29 is 37.3 Å². The summed E-state index contributed by atoms with van der Waals surface area (Å²) in [6, 6.07) is 2.26. The van der Waals surface area contributed by atoms with E-state index in [2.05, 4.69) is 4.74 Å². The number of hydrogen-bond donors (Lipinski definition) is 3. The Morgan fingerprint density at radius 3 is 2.42 bits per heavy atom. The molecule has 2 aromatic rings. The first-order valence-corrected chi connectivity index (χ1v) is 6.27. The maximum absolute atomic E-state index is 13.6. The normalized spacial score (nSPS) is 11.3. The fraction of sp³-hybridized carbons (Fsp3) is 0.143. The molecule has 2 rings (SSSR count). The fourth-order valence-corrected chi connectivity index (χ4v) is 1.79. The van der Waals surface area contributed by atoms with Gasteiger partial charge in [-0.2, -0.15) is 13.2 Å². The summed E-state index contributed by atoms with van der Waals surface area (Å²) in [6.07, 6.45) is -4.72. The molecular formula is C14H9F4NO5. The van der Waals surface area contributed by atoms with Gasteiger partial charge in [-0.05, 0) is 12.1 Å². The van der Waals surface area contributed by atoms with Crippen molar-refractivity contribution in [2.45, 2.75) is 12.8 Å². The zero-order chi connectivity index (χ0) is 18.1. The van der Waals surface area contributed by atoms with E-state index in [1.807, 2.05) is 4.98 Å². The Morgan fingerprint density at radius 2 is 1.88 bits per heavy atom. The van der Waals surface area contributed by atoms with Crippen LogP contribution in [-0.2, 0) is 17.5 Å². The van der Waals surface area contributed by atoms with E-state index in [1.165, 1.54) is 0 Å². The van der Waals surface area contributed by atoms with Gasteiger partial charge >= 0.3 is 12.1 Å². The maximum Gasteiger partial charge on any atom is 0.416 e. The van der Waals surface area contributed by atoms with Crippen LogP contribution in [0.25, 0.3) is 0 Å². The zero-order valence-electron chi connectivity index (χ0n) is 11.6. The summed E-state index contributed by atoms with van der Waals surface area (Å²) in [4.78, 5) is 24.5. The third kappa shape index (κ3) is 3.65. The second-order valence-corrected chi connectivity index (χ2v) is 4.62. The summed E-state index contributed by atoms with van der Waals surface area (Å²) < 4.78 is 55.5. The summed E-state index contributed by atoms with van der Waals surface area (Å²) in [5.41, 5.74) is -3.19. The Morgan fingerprint density at radius 1 is 1.21 bits per heavy atom. The number of ether oxygens (including phenoxy) is 1. The van der Waals surface area contributed by atoms with Crippen molar-refractivity contribution in [1.82, 2.24) is 4.98 Å². The smallest absolute Gasteiger partial charge is 0.416 e. The topological polar surface area (TPSA) is 99.6 Å². The van der Waals surface area contributed by atoms with Gasteiger partial charge in [0.2, 0.25) is 5.88 Å². The number of aromatic nitrogens is 1. The molecule has 0 spiro atoms. The van der Waals surface area contributed by atoms with Crippen LogP contribution >= 0.6 is 0 Å². The van der Waals surface area contributed by atoms with Crippen molar-refractivity contribution in [3.8, 4) is 11.6 Å². The van der Waals surface area contributed by atoms with E-state index in [4.69, 9.17) is 0 Å². The average molecular weight is 347 g/mol. The molecule has 6 nitrogen and oxygen atoms in total. The van der Waals surface area contributed by atoms with Crippen LogP contribution in [0.15, 0.2) is 29.1 Å². The van der Waals surface area contributed by atoms with Gasteiger partial charge in [-0.25, -0.2) is 9.18 Å². The number of rotatable bonds is 3. The molecule has 3 N–H and O–H groups in total. The number of pyridine rings is 1. The van der Waals surface area contributed by atoms with Gasteiger partial charge in [0.25, 0.3) is 5.56 Å². The molecule has 0 saturated carbocycles. The SMILES string of the molecule is O=C(OCc1ccc(C(F)(F)F)cc1F)c1c(O)cc(=O)[nH]c1O. The van der Waals surface area contributed by atoms with E-state index in [1.54, 1.807) is 0 Å². The maximum atomic E-state index is 13.6. The quantitative estimate of drug-likeness (QED) is 0.584. The summed E-state index contributed by atoms with van der Waals surface area (Å²) in [5, 5.41) is 18.8. The lowest BCUT2D eigenvalue weighted by Crippen LogP contribution is -2.12. The number of nitrogens with one attached hydrogen (secondary N) is 1. The van der Waals surface area contributed by atoms with Crippen molar-refractivity contribution in [2.24, 2.45) is 0 Å². The van der Waals surface area contributed by atoms with Crippen molar-refractivity contribution >= 4 is 5.97 Å².